The monoisotopic (exact) mass is 354 g/mol. The predicted octanol–water partition coefficient (Wildman–Crippen LogP) is 3.54. The lowest BCUT2D eigenvalue weighted by Gasteiger charge is -2.33. The maximum absolute atomic E-state index is 12.3. The van der Waals surface area contributed by atoms with Crippen molar-refractivity contribution in [2.75, 3.05) is 10.7 Å². The molecule has 0 radical (unpaired) electrons. The minimum atomic E-state index is 0.114. The Bertz CT molecular complexity index is 1000. The second-order valence-electron chi connectivity index (χ2n) is 5.70. The number of fused-ring (bicyclic) bond motifs is 2. The third-order valence-corrected chi connectivity index (χ3v) is 5.54. The number of carbonyl (C=O) groups excluding carboxylic acids is 1. The van der Waals surface area contributed by atoms with Gasteiger partial charge >= 0.3 is 0 Å². The Hall–Kier alpha value is -2.31. The first kappa shape index (κ1) is 14.1. The summed E-state index contributed by atoms with van der Waals surface area (Å²) >= 11 is 7.71. The Kier molecular flexibility index (Phi) is 2.98. The average Bonchev–Trinajstić information content (AvgIpc) is 3.02. The van der Waals surface area contributed by atoms with Crippen LogP contribution in [-0.4, -0.2) is 26.7 Å². The number of amides is 1. The van der Waals surface area contributed by atoms with E-state index in [-0.39, 0.29) is 5.91 Å². The van der Waals surface area contributed by atoms with E-state index in [1.807, 2.05) is 41.3 Å². The predicted molar refractivity (Wildman–Crippen MR) is 93.7 cm³/mol. The van der Waals surface area contributed by atoms with Crippen LogP contribution in [0.1, 0.15) is 5.69 Å². The lowest BCUT2D eigenvalue weighted by Crippen LogP contribution is -2.37. The Balaban J connectivity index is 1.78. The molecule has 3 aromatic rings. The minimum absolute atomic E-state index is 0.114. The quantitative estimate of drug-likeness (QED) is 0.670. The highest BCUT2D eigenvalue weighted by molar-refractivity contribution is 8.00. The molecular weight excluding hydrogens is 344 g/mol. The molecule has 5 nitrogen and oxygen atoms in total. The van der Waals surface area contributed by atoms with Gasteiger partial charge in [-0.25, -0.2) is 4.68 Å². The van der Waals surface area contributed by atoms with Gasteiger partial charge in [-0.2, -0.15) is 0 Å². The third-order valence-electron chi connectivity index (χ3n) is 4.28. The van der Waals surface area contributed by atoms with E-state index in [1.54, 1.807) is 16.4 Å². The maximum Gasteiger partial charge on any atom is 0.237 e. The minimum Gasteiger partial charge on any atom is -0.304 e. The fourth-order valence-electron chi connectivity index (χ4n) is 3.25. The Morgan fingerprint density at radius 2 is 2.04 bits per heavy atom. The topological polar surface area (TPSA) is 51.0 Å². The van der Waals surface area contributed by atoms with E-state index in [1.165, 1.54) is 0 Å². The van der Waals surface area contributed by atoms with Gasteiger partial charge in [-0.05, 0) is 24.3 Å². The van der Waals surface area contributed by atoms with Gasteiger partial charge < -0.3 is 4.90 Å². The Morgan fingerprint density at radius 3 is 2.92 bits per heavy atom. The highest BCUT2D eigenvalue weighted by atomic mass is 35.5. The largest absolute Gasteiger partial charge is 0.304 e. The molecule has 0 spiro atoms. The Labute approximate surface area is 147 Å². The number of nitrogens with zero attached hydrogens (tertiary/aromatic N) is 4. The van der Waals surface area contributed by atoms with E-state index < -0.39 is 0 Å². The first-order valence-electron chi connectivity index (χ1n) is 7.49. The number of hydrogen-bond acceptors (Lipinski definition) is 4. The molecule has 5 rings (SSSR count). The van der Waals surface area contributed by atoms with Gasteiger partial charge in [0.15, 0.2) is 0 Å². The molecule has 0 fully saturated rings. The third kappa shape index (κ3) is 1.93. The maximum atomic E-state index is 12.3. The highest BCUT2D eigenvalue weighted by Crippen LogP contribution is 2.47. The second kappa shape index (κ2) is 5.09. The summed E-state index contributed by atoms with van der Waals surface area (Å²) in [6.45, 7) is 0.458. The second-order valence-corrected chi connectivity index (χ2v) is 7.15. The van der Waals surface area contributed by atoms with Crippen molar-refractivity contribution in [3.8, 4) is 16.9 Å². The standard InChI is InChI=1S/C17H11ClN4OS/c18-10-3-1-4-11(7-10)22-16-12-5-2-6-14-17(12)21(15(23)9-24-14)8-13(16)19-20-22/h1-7H,8-9H2. The summed E-state index contributed by atoms with van der Waals surface area (Å²) in [5.41, 5.74) is 4.55. The first-order valence-corrected chi connectivity index (χ1v) is 8.86. The van der Waals surface area contributed by atoms with Crippen molar-refractivity contribution in [3.63, 3.8) is 0 Å². The molecule has 2 aliphatic rings. The number of anilines is 1. The molecule has 1 aromatic heterocycles. The fraction of sp³-hybridized carbons (Fsp3) is 0.118. The van der Waals surface area contributed by atoms with E-state index in [0.717, 1.165) is 33.2 Å². The molecule has 0 atom stereocenters. The van der Waals surface area contributed by atoms with Crippen LogP contribution >= 0.6 is 23.4 Å². The summed E-state index contributed by atoms with van der Waals surface area (Å²) < 4.78 is 1.80. The average molecular weight is 355 g/mol. The molecule has 0 N–H and O–H groups in total. The molecule has 7 heteroatoms. The van der Waals surface area contributed by atoms with Gasteiger partial charge in [0.2, 0.25) is 5.91 Å². The van der Waals surface area contributed by atoms with Crippen molar-refractivity contribution < 1.29 is 4.79 Å². The molecule has 0 saturated heterocycles. The number of aromatic nitrogens is 3. The molecular formula is C17H11ClN4OS. The number of carbonyl (C=O) groups is 1. The molecule has 118 valence electrons. The van der Waals surface area contributed by atoms with Crippen molar-refractivity contribution in [2.24, 2.45) is 0 Å². The number of para-hydroxylation sites is 1. The van der Waals surface area contributed by atoms with Crippen molar-refractivity contribution in [1.29, 1.82) is 0 Å². The summed E-state index contributed by atoms with van der Waals surface area (Å²) in [6.07, 6.45) is 0. The normalized spacial score (nSPS) is 15.2. The van der Waals surface area contributed by atoms with Crippen LogP contribution in [0.25, 0.3) is 16.9 Å². The molecule has 2 aromatic carbocycles. The molecule has 0 bridgehead atoms. The molecule has 0 saturated carbocycles. The van der Waals surface area contributed by atoms with Gasteiger partial charge in [0.05, 0.1) is 23.7 Å². The van der Waals surface area contributed by atoms with Crippen molar-refractivity contribution in [1.82, 2.24) is 15.0 Å². The van der Waals surface area contributed by atoms with Crippen LogP contribution in [0.4, 0.5) is 5.69 Å². The lowest BCUT2D eigenvalue weighted by atomic mass is 10.0. The lowest BCUT2D eigenvalue weighted by molar-refractivity contribution is -0.116. The van der Waals surface area contributed by atoms with E-state index in [2.05, 4.69) is 16.4 Å². The van der Waals surface area contributed by atoms with Crippen molar-refractivity contribution in [3.05, 3.63) is 53.2 Å². The zero-order chi connectivity index (χ0) is 16.3. The number of thioether (sulfide) groups is 1. The van der Waals surface area contributed by atoms with Gasteiger partial charge in [0.1, 0.15) is 11.4 Å². The van der Waals surface area contributed by atoms with E-state index in [4.69, 9.17) is 11.6 Å². The van der Waals surface area contributed by atoms with Crippen LogP contribution in [0.2, 0.25) is 5.02 Å². The molecule has 0 aliphatic carbocycles. The number of benzene rings is 2. The van der Waals surface area contributed by atoms with Gasteiger partial charge in [0, 0.05) is 15.5 Å². The van der Waals surface area contributed by atoms with Crippen molar-refractivity contribution in [2.45, 2.75) is 11.4 Å². The summed E-state index contributed by atoms with van der Waals surface area (Å²) in [7, 11) is 0. The van der Waals surface area contributed by atoms with Crippen LogP contribution in [0.5, 0.6) is 0 Å². The van der Waals surface area contributed by atoms with E-state index in [0.29, 0.717) is 17.3 Å². The van der Waals surface area contributed by atoms with Crippen LogP contribution < -0.4 is 4.90 Å². The Morgan fingerprint density at radius 1 is 1.17 bits per heavy atom. The molecule has 3 heterocycles. The van der Waals surface area contributed by atoms with E-state index in [9.17, 15) is 4.79 Å². The fourth-order valence-corrected chi connectivity index (χ4v) is 4.40. The van der Waals surface area contributed by atoms with Crippen LogP contribution in [0.3, 0.4) is 0 Å². The summed E-state index contributed by atoms with van der Waals surface area (Å²) in [5, 5.41) is 9.28. The number of halogens is 1. The van der Waals surface area contributed by atoms with Gasteiger partial charge in [-0.3, -0.25) is 4.79 Å². The highest BCUT2D eigenvalue weighted by Gasteiger charge is 2.35. The zero-order valence-electron chi connectivity index (χ0n) is 12.4. The van der Waals surface area contributed by atoms with Gasteiger partial charge in [-0.1, -0.05) is 35.0 Å². The number of hydrogen-bond donors (Lipinski definition) is 0. The van der Waals surface area contributed by atoms with Gasteiger partial charge in [0.25, 0.3) is 0 Å². The smallest absolute Gasteiger partial charge is 0.237 e. The number of rotatable bonds is 1. The van der Waals surface area contributed by atoms with Gasteiger partial charge in [-0.15, -0.1) is 16.9 Å². The summed E-state index contributed by atoms with van der Waals surface area (Å²) in [4.78, 5) is 15.3. The first-order chi connectivity index (χ1) is 11.7. The van der Waals surface area contributed by atoms with Crippen LogP contribution in [0, 0.1) is 0 Å². The SMILES string of the molecule is O=C1CSc2cccc3c2N1Cc1nnn(-c2cccc(Cl)c2)c1-3. The van der Waals surface area contributed by atoms with Crippen LogP contribution in [-0.2, 0) is 11.3 Å². The summed E-state index contributed by atoms with van der Waals surface area (Å²) in [6, 6.07) is 13.6. The van der Waals surface area contributed by atoms with Crippen molar-refractivity contribution >= 4 is 35.0 Å². The van der Waals surface area contributed by atoms with E-state index >= 15 is 0 Å². The van der Waals surface area contributed by atoms with Crippen LogP contribution in [0.15, 0.2) is 47.4 Å². The zero-order valence-corrected chi connectivity index (χ0v) is 14.0. The molecule has 2 aliphatic heterocycles. The summed E-state index contributed by atoms with van der Waals surface area (Å²) in [5.74, 6) is 0.580. The molecule has 24 heavy (non-hydrogen) atoms. The molecule has 1 amide bonds. The molecule has 0 unspecified atom stereocenters.